The minimum atomic E-state index is 0.524. The first kappa shape index (κ1) is 12.2. The Kier molecular flexibility index (Phi) is 3.62. The highest BCUT2D eigenvalue weighted by Crippen LogP contribution is 2.36. The Hall–Kier alpha value is -2.30. The summed E-state index contributed by atoms with van der Waals surface area (Å²) < 4.78 is 10.8. The molecule has 0 radical (unpaired) electrons. The van der Waals surface area contributed by atoms with Crippen molar-refractivity contribution in [2.75, 3.05) is 19.5 Å². The highest BCUT2D eigenvalue weighted by molar-refractivity contribution is 5.76. The Morgan fingerprint density at radius 2 is 2.06 bits per heavy atom. The maximum Gasteiger partial charge on any atom is 0.223 e. The molecule has 0 spiro atoms. The molecule has 5 heteroatoms. The van der Waals surface area contributed by atoms with E-state index in [4.69, 9.17) is 15.2 Å². The molecule has 0 saturated heterocycles. The molecule has 2 rings (SSSR count). The molecule has 2 aromatic rings. The molecule has 0 atom stereocenters. The van der Waals surface area contributed by atoms with Gasteiger partial charge in [-0.1, -0.05) is 0 Å². The van der Waals surface area contributed by atoms with Crippen molar-refractivity contribution < 1.29 is 9.47 Å². The second kappa shape index (κ2) is 5.35. The van der Waals surface area contributed by atoms with Crippen molar-refractivity contribution in [1.82, 2.24) is 9.97 Å². The number of rotatable bonds is 4. The third kappa shape index (κ3) is 2.20. The zero-order valence-corrected chi connectivity index (χ0v) is 10.4. The second-order valence-corrected chi connectivity index (χ2v) is 3.57. The number of nitrogens with two attached hydrogens (primary N) is 1. The standard InChI is InChI=1S/C13H15N3O2/c1-3-18-13-9(5-4-7-16-13)11-12(17-2)10(14)6-8-15-11/h4-8H,3H2,1-2H3,(H2,14,15). The lowest BCUT2D eigenvalue weighted by atomic mass is 10.1. The smallest absolute Gasteiger partial charge is 0.223 e. The normalized spacial score (nSPS) is 10.1. The molecule has 2 aromatic heterocycles. The molecule has 0 amide bonds. The fourth-order valence-electron chi connectivity index (χ4n) is 1.69. The largest absolute Gasteiger partial charge is 0.492 e. The van der Waals surface area contributed by atoms with Gasteiger partial charge in [0, 0.05) is 12.4 Å². The molecule has 0 aliphatic heterocycles. The number of hydrogen-bond donors (Lipinski definition) is 1. The summed E-state index contributed by atoms with van der Waals surface area (Å²) in [6.07, 6.45) is 3.31. The predicted molar refractivity (Wildman–Crippen MR) is 69.6 cm³/mol. The minimum Gasteiger partial charge on any atom is -0.492 e. The fourth-order valence-corrected chi connectivity index (χ4v) is 1.69. The van der Waals surface area contributed by atoms with E-state index >= 15 is 0 Å². The maximum atomic E-state index is 5.87. The van der Waals surface area contributed by atoms with Crippen LogP contribution >= 0.6 is 0 Å². The van der Waals surface area contributed by atoms with Crippen LogP contribution in [0.5, 0.6) is 11.6 Å². The first-order valence-electron chi connectivity index (χ1n) is 5.64. The summed E-state index contributed by atoms with van der Waals surface area (Å²) in [5.41, 5.74) is 7.80. The maximum absolute atomic E-state index is 5.87. The van der Waals surface area contributed by atoms with E-state index in [1.807, 2.05) is 19.1 Å². The van der Waals surface area contributed by atoms with Crippen LogP contribution in [0.4, 0.5) is 5.69 Å². The number of pyridine rings is 2. The van der Waals surface area contributed by atoms with Gasteiger partial charge in [-0.05, 0) is 25.1 Å². The van der Waals surface area contributed by atoms with E-state index < -0.39 is 0 Å². The van der Waals surface area contributed by atoms with E-state index in [9.17, 15) is 0 Å². The Bertz CT molecular complexity index is 544. The van der Waals surface area contributed by atoms with Gasteiger partial charge in [-0.2, -0.15) is 0 Å². The summed E-state index contributed by atoms with van der Waals surface area (Å²) >= 11 is 0. The molecule has 2 N–H and O–H groups in total. The van der Waals surface area contributed by atoms with Crippen LogP contribution in [0.1, 0.15) is 6.92 Å². The quantitative estimate of drug-likeness (QED) is 0.893. The van der Waals surface area contributed by atoms with Crippen molar-refractivity contribution in [1.29, 1.82) is 0 Å². The number of methoxy groups -OCH3 is 1. The van der Waals surface area contributed by atoms with Gasteiger partial charge in [0.25, 0.3) is 0 Å². The number of nitrogens with zero attached hydrogens (tertiary/aromatic N) is 2. The number of hydrogen-bond acceptors (Lipinski definition) is 5. The zero-order chi connectivity index (χ0) is 13.0. The van der Waals surface area contributed by atoms with Crippen molar-refractivity contribution in [3.63, 3.8) is 0 Å². The average molecular weight is 245 g/mol. The molecular weight excluding hydrogens is 230 g/mol. The molecule has 0 saturated carbocycles. The molecule has 2 heterocycles. The van der Waals surface area contributed by atoms with Crippen molar-refractivity contribution >= 4 is 5.69 Å². The first-order valence-corrected chi connectivity index (χ1v) is 5.64. The van der Waals surface area contributed by atoms with Crippen LogP contribution in [0.15, 0.2) is 30.6 Å². The van der Waals surface area contributed by atoms with Crippen molar-refractivity contribution in [3.8, 4) is 22.9 Å². The predicted octanol–water partition coefficient (Wildman–Crippen LogP) is 2.13. The summed E-state index contributed by atoms with van der Waals surface area (Å²) in [7, 11) is 1.56. The Balaban J connectivity index is 2.58. The van der Waals surface area contributed by atoms with Gasteiger partial charge in [0.1, 0.15) is 5.69 Å². The van der Waals surface area contributed by atoms with Gasteiger partial charge in [0.2, 0.25) is 5.88 Å². The Labute approximate surface area is 106 Å². The molecule has 0 unspecified atom stereocenters. The lowest BCUT2D eigenvalue weighted by Crippen LogP contribution is -2.00. The summed E-state index contributed by atoms with van der Waals surface area (Å²) in [5, 5.41) is 0. The van der Waals surface area contributed by atoms with Gasteiger partial charge >= 0.3 is 0 Å². The Morgan fingerprint density at radius 1 is 1.22 bits per heavy atom. The SMILES string of the molecule is CCOc1ncccc1-c1nccc(N)c1OC. The summed E-state index contributed by atoms with van der Waals surface area (Å²) in [4.78, 5) is 8.49. The first-order chi connectivity index (χ1) is 8.77. The van der Waals surface area contributed by atoms with Gasteiger partial charge in [-0.25, -0.2) is 4.98 Å². The summed E-state index contributed by atoms with van der Waals surface area (Å²) in [6, 6.07) is 5.39. The highest BCUT2D eigenvalue weighted by Gasteiger charge is 2.15. The molecule has 0 fully saturated rings. The summed E-state index contributed by atoms with van der Waals surface area (Å²) in [5.74, 6) is 1.06. The number of anilines is 1. The average Bonchev–Trinajstić information content (AvgIpc) is 2.39. The molecule has 18 heavy (non-hydrogen) atoms. The van der Waals surface area contributed by atoms with Crippen LogP contribution in [0.25, 0.3) is 11.3 Å². The van der Waals surface area contributed by atoms with Gasteiger partial charge < -0.3 is 15.2 Å². The van der Waals surface area contributed by atoms with Crippen molar-refractivity contribution in [3.05, 3.63) is 30.6 Å². The van der Waals surface area contributed by atoms with Gasteiger partial charge in [0.05, 0.1) is 25.0 Å². The van der Waals surface area contributed by atoms with Crippen LogP contribution in [0, 0.1) is 0 Å². The molecule has 0 aliphatic carbocycles. The van der Waals surface area contributed by atoms with E-state index in [2.05, 4.69) is 9.97 Å². The molecule has 5 nitrogen and oxygen atoms in total. The number of ether oxygens (including phenoxy) is 2. The number of aromatic nitrogens is 2. The van der Waals surface area contributed by atoms with E-state index in [1.54, 1.807) is 25.6 Å². The molecule has 0 aromatic carbocycles. The third-order valence-electron chi connectivity index (χ3n) is 2.45. The second-order valence-electron chi connectivity index (χ2n) is 3.57. The summed E-state index contributed by atoms with van der Waals surface area (Å²) in [6.45, 7) is 2.44. The number of nitrogen functional groups attached to an aromatic ring is 1. The van der Waals surface area contributed by atoms with Gasteiger partial charge in [-0.15, -0.1) is 0 Å². The fraction of sp³-hybridized carbons (Fsp3) is 0.231. The van der Waals surface area contributed by atoms with Crippen molar-refractivity contribution in [2.45, 2.75) is 6.92 Å². The zero-order valence-electron chi connectivity index (χ0n) is 10.4. The molecule has 94 valence electrons. The molecule has 0 bridgehead atoms. The van der Waals surface area contributed by atoms with E-state index in [1.165, 1.54) is 0 Å². The Morgan fingerprint density at radius 3 is 2.78 bits per heavy atom. The van der Waals surface area contributed by atoms with Crippen LogP contribution < -0.4 is 15.2 Å². The topological polar surface area (TPSA) is 70.3 Å². The van der Waals surface area contributed by atoms with Gasteiger partial charge in [-0.3, -0.25) is 4.98 Å². The lowest BCUT2D eigenvalue weighted by molar-refractivity contribution is 0.328. The van der Waals surface area contributed by atoms with E-state index in [0.717, 1.165) is 5.56 Å². The van der Waals surface area contributed by atoms with Crippen LogP contribution in [-0.2, 0) is 0 Å². The van der Waals surface area contributed by atoms with Crippen molar-refractivity contribution in [2.24, 2.45) is 0 Å². The molecular formula is C13H15N3O2. The molecule has 0 aliphatic rings. The lowest BCUT2D eigenvalue weighted by Gasteiger charge is -2.12. The van der Waals surface area contributed by atoms with E-state index in [0.29, 0.717) is 29.6 Å². The monoisotopic (exact) mass is 245 g/mol. The highest BCUT2D eigenvalue weighted by atomic mass is 16.5. The minimum absolute atomic E-state index is 0.524. The van der Waals surface area contributed by atoms with Crippen LogP contribution in [-0.4, -0.2) is 23.7 Å². The van der Waals surface area contributed by atoms with Crippen LogP contribution in [0.3, 0.4) is 0 Å². The van der Waals surface area contributed by atoms with Crippen LogP contribution in [0.2, 0.25) is 0 Å². The van der Waals surface area contributed by atoms with Gasteiger partial charge in [0.15, 0.2) is 5.75 Å². The third-order valence-corrected chi connectivity index (χ3v) is 2.45. The van der Waals surface area contributed by atoms with E-state index in [-0.39, 0.29) is 0 Å².